The zero-order chi connectivity index (χ0) is 20.4. The summed E-state index contributed by atoms with van der Waals surface area (Å²) >= 11 is 0. The summed E-state index contributed by atoms with van der Waals surface area (Å²) < 4.78 is 10.7. The molecule has 0 atom stereocenters. The van der Waals surface area contributed by atoms with E-state index in [4.69, 9.17) is 9.47 Å². The van der Waals surface area contributed by atoms with E-state index in [0.717, 1.165) is 26.3 Å². The van der Waals surface area contributed by atoms with Crippen molar-refractivity contribution in [2.45, 2.75) is 32.9 Å². The van der Waals surface area contributed by atoms with E-state index >= 15 is 0 Å². The summed E-state index contributed by atoms with van der Waals surface area (Å²) in [5, 5.41) is 9.24. The Morgan fingerprint density at radius 2 is 1.79 bits per heavy atom. The van der Waals surface area contributed by atoms with Crippen LogP contribution in [-0.4, -0.2) is 64.1 Å². The number of hydrogen-bond donors (Lipinski definition) is 3. The van der Waals surface area contributed by atoms with Gasteiger partial charge in [-0.25, -0.2) is 4.79 Å². The van der Waals surface area contributed by atoms with Gasteiger partial charge < -0.3 is 30.3 Å². The summed E-state index contributed by atoms with van der Waals surface area (Å²) in [6, 6.07) is 8.37. The van der Waals surface area contributed by atoms with Crippen LogP contribution in [0, 0.1) is 0 Å². The molecule has 1 aliphatic heterocycles. The predicted octanol–water partition coefficient (Wildman–Crippen LogP) is 2.33. The van der Waals surface area contributed by atoms with E-state index in [0.29, 0.717) is 25.6 Å². The smallest absolute Gasteiger partial charge is 0.407 e. The highest BCUT2D eigenvalue weighted by molar-refractivity contribution is 14.0. The average molecular weight is 519 g/mol. The molecule has 9 heteroatoms. The second-order valence-electron chi connectivity index (χ2n) is 7.51. The van der Waals surface area contributed by atoms with Crippen molar-refractivity contribution in [3.05, 3.63) is 29.8 Å². The van der Waals surface area contributed by atoms with Gasteiger partial charge in [0, 0.05) is 45.5 Å². The van der Waals surface area contributed by atoms with Crippen LogP contribution in [0.3, 0.4) is 0 Å². The summed E-state index contributed by atoms with van der Waals surface area (Å²) in [7, 11) is 1.73. The maximum Gasteiger partial charge on any atom is 0.407 e. The molecule has 0 aliphatic carbocycles. The quantitative estimate of drug-likeness (QED) is 0.232. The van der Waals surface area contributed by atoms with E-state index < -0.39 is 11.7 Å². The van der Waals surface area contributed by atoms with Crippen molar-refractivity contribution < 1.29 is 14.3 Å². The number of benzene rings is 1. The van der Waals surface area contributed by atoms with Gasteiger partial charge in [0.1, 0.15) is 5.60 Å². The van der Waals surface area contributed by atoms with E-state index in [9.17, 15) is 4.79 Å². The molecule has 1 aliphatic rings. The molecule has 1 fully saturated rings. The summed E-state index contributed by atoms with van der Waals surface area (Å²) in [6.45, 7) is 10.5. The van der Waals surface area contributed by atoms with Crippen molar-refractivity contribution in [2.24, 2.45) is 4.99 Å². The standard InChI is InChI=1S/C20H33N5O3.HI/c1-20(2,3)28-19(26)23-10-9-22-18(21-4)24-15-16-7-5-6-8-17(16)25-11-13-27-14-12-25;/h5-8H,9-15H2,1-4H3,(H,23,26)(H2,21,22,24);1H. The Hall–Kier alpha value is -1.75. The van der Waals surface area contributed by atoms with Crippen LogP contribution in [0.2, 0.25) is 0 Å². The molecule has 1 aromatic rings. The first-order valence-electron chi connectivity index (χ1n) is 9.71. The Labute approximate surface area is 190 Å². The van der Waals surface area contributed by atoms with Crippen molar-refractivity contribution in [3.63, 3.8) is 0 Å². The zero-order valence-electron chi connectivity index (χ0n) is 17.8. The number of guanidine groups is 1. The molecule has 0 aromatic heterocycles. The third kappa shape index (κ3) is 9.53. The maximum atomic E-state index is 11.7. The number of anilines is 1. The molecule has 1 saturated heterocycles. The predicted molar refractivity (Wildman–Crippen MR) is 127 cm³/mol. The lowest BCUT2D eigenvalue weighted by atomic mass is 10.1. The first-order valence-corrected chi connectivity index (χ1v) is 9.71. The highest BCUT2D eigenvalue weighted by Crippen LogP contribution is 2.21. The largest absolute Gasteiger partial charge is 0.444 e. The van der Waals surface area contributed by atoms with Gasteiger partial charge in [0.2, 0.25) is 0 Å². The van der Waals surface area contributed by atoms with E-state index in [-0.39, 0.29) is 24.0 Å². The Bertz CT molecular complexity index is 658. The van der Waals surface area contributed by atoms with Gasteiger partial charge in [-0.05, 0) is 32.4 Å². The highest BCUT2D eigenvalue weighted by Gasteiger charge is 2.16. The average Bonchev–Trinajstić information content (AvgIpc) is 2.67. The second-order valence-corrected chi connectivity index (χ2v) is 7.51. The van der Waals surface area contributed by atoms with Crippen molar-refractivity contribution in [2.75, 3.05) is 51.3 Å². The molecular weight excluding hydrogens is 485 g/mol. The SMILES string of the molecule is CN=C(NCCNC(=O)OC(C)(C)C)NCc1ccccc1N1CCOCC1.I. The Morgan fingerprint density at radius 1 is 1.14 bits per heavy atom. The van der Waals surface area contributed by atoms with Crippen molar-refractivity contribution in [1.29, 1.82) is 0 Å². The topological polar surface area (TPSA) is 87.2 Å². The Morgan fingerprint density at radius 3 is 2.45 bits per heavy atom. The number of alkyl carbamates (subject to hydrolysis) is 1. The van der Waals surface area contributed by atoms with Crippen molar-refractivity contribution in [3.8, 4) is 0 Å². The van der Waals surface area contributed by atoms with Crippen LogP contribution < -0.4 is 20.9 Å². The Balaban J connectivity index is 0.00000420. The lowest BCUT2D eigenvalue weighted by molar-refractivity contribution is 0.0529. The normalized spacial score (nSPS) is 14.6. The maximum absolute atomic E-state index is 11.7. The molecule has 0 unspecified atom stereocenters. The summed E-state index contributed by atoms with van der Waals surface area (Å²) in [5.74, 6) is 0.683. The van der Waals surface area contributed by atoms with Gasteiger partial charge in [-0.1, -0.05) is 18.2 Å². The Kier molecular flexibility index (Phi) is 11.1. The summed E-state index contributed by atoms with van der Waals surface area (Å²) in [5.41, 5.74) is 1.93. The fourth-order valence-electron chi connectivity index (χ4n) is 2.83. The van der Waals surface area contributed by atoms with E-state index in [1.807, 2.05) is 26.8 Å². The molecule has 3 N–H and O–H groups in total. The number of nitrogens with one attached hydrogen (secondary N) is 3. The van der Waals surface area contributed by atoms with Gasteiger partial charge in [-0.3, -0.25) is 4.99 Å². The minimum Gasteiger partial charge on any atom is -0.444 e. The number of carbonyl (C=O) groups is 1. The number of morpholine rings is 1. The van der Waals surface area contributed by atoms with Crippen LogP contribution in [-0.2, 0) is 16.0 Å². The number of halogens is 1. The highest BCUT2D eigenvalue weighted by atomic mass is 127. The van der Waals surface area contributed by atoms with E-state index in [1.165, 1.54) is 11.3 Å². The molecular formula is C20H34IN5O3. The van der Waals surface area contributed by atoms with Gasteiger partial charge in [-0.2, -0.15) is 0 Å². The molecule has 2 rings (SSSR count). The van der Waals surface area contributed by atoms with Crippen molar-refractivity contribution in [1.82, 2.24) is 16.0 Å². The lowest BCUT2D eigenvalue weighted by Gasteiger charge is -2.30. The van der Waals surface area contributed by atoms with Gasteiger partial charge in [0.05, 0.1) is 13.2 Å². The lowest BCUT2D eigenvalue weighted by Crippen LogP contribution is -2.42. The summed E-state index contributed by atoms with van der Waals surface area (Å²) in [6.07, 6.45) is -0.420. The van der Waals surface area contributed by atoms with Gasteiger partial charge >= 0.3 is 6.09 Å². The monoisotopic (exact) mass is 519 g/mol. The van der Waals surface area contributed by atoms with Gasteiger partial charge in [0.25, 0.3) is 0 Å². The third-order valence-electron chi connectivity index (χ3n) is 4.10. The number of rotatable bonds is 6. The number of nitrogens with zero attached hydrogens (tertiary/aromatic N) is 2. The van der Waals surface area contributed by atoms with Crippen LogP contribution in [0.25, 0.3) is 0 Å². The molecule has 164 valence electrons. The van der Waals surface area contributed by atoms with Crippen LogP contribution in [0.4, 0.5) is 10.5 Å². The molecule has 0 spiro atoms. The molecule has 0 saturated carbocycles. The number of ether oxygens (including phenoxy) is 2. The zero-order valence-corrected chi connectivity index (χ0v) is 20.1. The fraction of sp³-hybridized carbons (Fsp3) is 0.600. The van der Waals surface area contributed by atoms with Crippen molar-refractivity contribution >= 4 is 41.7 Å². The van der Waals surface area contributed by atoms with Gasteiger partial charge in [0.15, 0.2) is 5.96 Å². The van der Waals surface area contributed by atoms with E-state index in [1.54, 1.807) is 7.05 Å². The molecule has 8 nitrogen and oxygen atoms in total. The van der Waals surface area contributed by atoms with Crippen LogP contribution in [0.15, 0.2) is 29.3 Å². The summed E-state index contributed by atoms with van der Waals surface area (Å²) in [4.78, 5) is 18.2. The molecule has 1 heterocycles. The second kappa shape index (κ2) is 12.7. The molecule has 29 heavy (non-hydrogen) atoms. The van der Waals surface area contributed by atoms with Gasteiger partial charge in [-0.15, -0.1) is 24.0 Å². The van der Waals surface area contributed by atoms with E-state index in [2.05, 4.69) is 44.0 Å². The number of aliphatic imine (C=N–C) groups is 1. The first kappa shape index (κ1) is 25.3. The first-order chi connectivity index (χ1) is 13.4. The fourth-order valence-corrected chi connectivity index (χ4v) is 2.83. The van der Waals surface area contributed by atoms with Crippen LogP contribution in [0.5, 0.6) is 0 Å². The number of amides is 1. The molecule has 1 amide bonds. The number of para-hydroxylation sites is 1. The minimum atomic E-state index is -0.497. The minimum absolute atomic E-state index is 0. The number of carbonyl (C=O) groups excluding carboxylic acids is 1. The molecule has 1 aromatic carbocycles. The molecule has 0 bridgehead atoms. The number of hydrogen-bond acceptors (Lipinski definition) is 5. The van der Waals surface area contributed by atoms with Crippen LogP contribution in [0.1, 0.15) is 26.3 Å². The third-order valence-corrected chi connectivity index (χ3v) is 4.10. The van der Waals surface area contributed by atoms with Crippen LogP contribution >= 0.6 is 24.0 Å². The molecule has 0 radical (unpaired) electrons.